The van der Waals surface area contributed by atoms with Gasteiger partial charge in [0, 0.05) is 5.75 Å². The molecule has 37 heavy (non-hydrogen) atoms. The standard InChI is InChI=1S/C26H22BrN3O6S/c1-2-15-14-37-25-20(28-23(32)19(29-35)18(31)13-27)24(33)30(25)21(15)26(34)36-22(16-9-5-3-6-10-16)17-11-7-4-8-12-17/h2-12,20,22,25,31H,1,13-14H2,(H,28,32)/b19-18-. The van der Waals surface area contributed by atoms with E-state index in [4.69, 9.17) is 4.74 Å². The number of carbonyl (C=O) groups is 3. The van der Waals surface area contributed by atoms with Gasteiger partial charge in [-0.05, 0) is 21.9 Å². The van der Waals surface area contributed by atoms with Crippen LogP contribution in [0, 0.1) is 4.91 Å². The second-order valence-electron chi connectivity index (χ2n) is 8.07. The molecule has 1 fully saturated rings. The van der Waals surface area contributed by atoms with Gasteiger partial charge in [-0.25, -0.2) is 4.79 Å². The van der Waals surface area contributed by atoms with E-state index in [9.17, 15) is 24.4 Å². The predicted molar refractivity (Wildman–Crippen MR) is 142 cm³/mol. The fourth-order valence-corrected chi connectivity index (χ4v) is 5.64. The summed E-state index contributed by atoms with van der Waals surface area (Å²) in [6, 6.07) is 17.5. The molecule has 0 bridgehead atoms. The van der Waals surface area contributed by atoms with Crippen LogP contribution in [0.25, 0.3) is 0 Å². The number of aliphatic hydroxyl groups excluding tert-OH is 1. The van der Waals surface area contributed by atoms with Crippen molar-refractivity contribution < 1.29 is 24.2 Å². The van der Waals surface area contributed by atoms with Crippen LogP contribution in [0.4, 0.5) is 0 Å². The van der Waals surface area contributed by atoms with Crippen molar-refractivity contribution in [1.29, 1.82) is 0 Å². The molecule has 4 rings (SSSR count). The van der Waals surface area contributed by atoms with E-state index in [2.05, 4.69) is 33.0 Å². The Hall–Kier alpha value is -3.70. The van der Waals surface area contributed by atoms with Gasteiger partial charge in [0.05, 0.1) is 5.33 Å². The molecule has 2 aromatic carbocycles. The number of amides is 2. The molecule has 0 aromatic heterocycles. The van der Waals surface area contributed by atoms with Crippen molar-refractivity contribution in [2.75, 3.05) is 11.1 Å². The number of β-lactam (4-membered cyclic amide) rings is 1. The Kier molecular flexibility index (Phi) is 8.24. The van der Waals surface area contributed by atoms with Gasteiger partial charge in [0.2, 0.25) is 5.70 Å². The van der Waals surface area contributed by atoms with E-state index in [-0.39, 0.29) is 11.0 Å². The summed E-state index contributed by atoms with van der Waals surface area (Å²) in [5.74, 6) is -2.46. The van der Waals surface area contributed by atoms with Crippen LogP contribution in [0.2, 0.25) is 0 Å². The number of hydrogen-bond donors (Lipinski definition) is 2. The summed E-state index contributed by atoms with van der Waals surface area (Å²) in [5.41, 5.74) is 1.38. The van der Waals surface area contributed by atoms with Gasteiger partial charge in [-0.1, -0.05) is 89.2 Å². The van der Waals surface area contributed by atoms with E-state index >= 15 is 0 Å². The molecule has 2 amide bonds. The molecule has 2 N–H and O–H groups in total. The van der Waals surface area contributed by atoms with Gasteiger partial charge in [0.1, 0.15) is 22.9 Å². The van der Waals surface area contributed by atoms with Crippen molar-refractivity contribution in [3.8, 4) is 0 Å². The molecule has 2 heterocycles. The summed E-state index contributed by atoms with van der Waals surface area (Å²) in [7, 11) is 0. The zero-order valence-corrected chi connectivity index (χ0v) is 21.8. The zero-order valence-electron chi connectivity index (χ0n) is 19.4. The highest BCUT2D eigenvalue weighted by Gasteiger charge is 2.54. The lowest BCUT2D eigenvalue weighted by molar-refractivity contribution is -0.154. The van der Waals surface area contributed by atoms with Gasteiger partial charge in [0.25, 0.3) is 11.8 Å². The second-order valence-corrected chi connectivity index (χ2v) is 9.73. The zero-order chi connectivity index (χ0) is 26.5. The number of benzene rings is 2. The second kappa shape index (κ2) is 11.6. The lowest BCUT2D eigenvalue weighted by Crippen LogP contribution is -2.70. The normalized spacial score (nSPS) is 19.4. The highest BCUT2D eigenvalue weighted by atomic mass is 79.9. The van der Waals surface area contributed by atoms with Crippen LogP contribution in [-0.2, 0) is 19.1 Å². The number of thioether (sulfide) groups is 1. The fraction of sp³-hybridized carbons (Fsp3) is 0.192. The Bertz CT molecular complexity index is 1260. The number of halogens is 1. The lowest BCUT2D eigenvalue weighted by atomic mass is 10.0. The van der Waals surface area contributed by atoms with Gasteiger partial charge in [0.15, 0.2) is 6.10 Å². The number of nitrogens with zero attached hydrogens (tertiary/aromatic N) is 2. The number of alkyl halides is 1. The largest absolute Gasteiger partial charge is 0.509 e. The van der Waals surface area contributed by atoms with Crippen LogP contribution in [0.3, 0.4) is 0 Å². The summed E-state index contributed by atoms with van der Waals surface area (Å²) in [6.07, 6.45) is 0.788. The maximum absolute atomic E-state index is 13.6. The van der Waals surface area contributed by atoms with Gasteiger partial charge >= 0.3 is 5.97 Å². The summed E-state index contributed by atoms with van der Waals surface area (Å²) in [6.45, 7) is 3.78. The molecule has 0 spiro atoms. The van der Waals surface area contributed by atoms with Gasteiger partial charge in [-0.3, -0.25) is 14.5 Å². The molecule has 11 heteroatoms. The first-order valence-electron chi connectivity index (χ1n) is 11.1. The monoisotopic (exact) mass is 583 g/mol. The number of esters is 1. The molecule has 0 aliphatic carbocycles. The number of ether oxygens (including phenoxy) is 1. The molecule has 2 aliphatic heterocycles. The summed E-state index contributed by atoms with van der Waals surface area (Å²) < 4.78 is 5.98. The third kappa shape index (κ3) is 5.23. The minimum Gasteiger partial charge on any atom is -0.509 e. The van der Waals surface area contributed by atoms with Crippen molar-refractivity contribution in [2.24, 2.45) is 5.18 Å². The third-order valence-electron chi connectivity index (χ3n) is 5.86. The average molecular weight is 584 g/mol. The quantitative estimate of drug-likeness (QED) is 0.114. The van der Waals surface area contributed by atoms with Crippen molar-refractivity contribution in [3.05, 3.63) is 112 Å². The van der Waals surface area contributed by atoms with Crippen LogP contribution in [0.1, 0.15) is 17.2 Å². The molecule has 2 aliphatic rings. The van der Waals surface area contributed by atoms with E-state index in [1.165, 1.54) is 22.7 Å². The number of aliphatic hydroxyl groups is 1. The molecule has 190 valence electrons. The van der Waals surface area contributed by atoms with Crippen molar-refractivity contribution in [1.82, 2.24) is 10.2 Å². The number of carbonyl (C=O) groups excluding carboxylic acids is 3. The molecule has 0 radical (unpaired) electrons. The third-order valence-corrected chi connectivity index (χ3v) is 7.69. The van der Waals surface area contributed by atoms with Crippen molar-refractivity contribution >= 4 is 45.5 Å². The number of fused-ring (bicyclic) bond motifs is 1. The molecule has 2 atom stereocenters. The van der Waals surface area contributed by atoms with E-state index < -0.39 is 46.8 Å². The fourth-order valence-electron chi connectivity index (χ4n) is 4.03. The van der Waals surface area contributed by atoms with Crippen LogP contribution < -0.4 is 5.32 Å². The summed E-state index contributed by atoms with van der Waals surface area (Å²) in [4.78, 5) is 51.4. The first-order valence-corrected chi connectivity index (χ1v) is 13.3. The van der Waals surface area contributed by atoms with Gasteiger partial charge in [-0.15, -0.1) is 16.7 Å². The van der Waals surface area contributed by atoms with Gasteiger partial charge in [-0.2, -0.15) is 0 Å². The number of nitroso groups, excluding NO2 is 1. The Balaban J connectivity index is 1.59. The van der Waals surface area contributed by atoms with E-state index in [1.807, 2.05) is 60.7 Å². The number of allylic oxidation sites excluding steroid dienone is 2. The molecular formula is C26H22BrN3O6S. The van der Waals surface area contributed by atoms with Crippen LogP contribution in [0.5, 0.6) is 0 Å². The van der Waals surface area contributed by atoms with E-state index in [0.29, 0.717) is 11.3 Å². The highest BCUT2D eigenvalue weighted by molar-refractivity contribution is 9.09. The SMILES string of the molecule is C=CC1=C(C(=O)OC(c2ccccc2)c2ccccc2)N2C(=O)C(NC(=O)/C(N=O)=C(/O)CBr)C2SC1. The Labute approximate surface area is 225 Å². The Morgan fingerprint density at radius 1 is 1.19 bits per heavy atom. The maximum Gasteiger partial charge on any atom is 0.356 e. The number of hydrogen-bond acceptors (Lipinski definition) is 8. The smallest absolute Gasteiger partial charge is 0.356 e. The maximum atomic E-state index is 13.6. The molecular weight excluding hydrogens is 562 g/mol. The first-order chi connectivity index (χ1) is 17.9. The van der Waals surface area contributed by atoms with Crippen LogP contribution >= 0.6 is 27.7 Å². The molecule has 1 saturated heterocycles. The van der Waals surface area contributed by atoms with Crippen molar-refractivity contribution in [3.63, 3.8) is 0 Å². The average Bonchev–Trinajstić information content (AvgIpc) is 2.94. The molecule has 2 aromatic rings. The minimum absolute atomic E-state index is 0.0543. The van der Waals surface area contributed by atoms with E-state index in [0.717, 1.165) is 11.1 Å². The Morgan fingerprint density at radius 2 is 1.78 bits per heavy atom. The highest BCUT2D eigenvalue weighted by Crippen LogP contribution is 2.42. The van der Waals surface area contributed by atoms with Crippen LogP contribution in [0.15, 0.2) is 101 Å². The van der Waals surface area contributed by atoms with Gasteiger partial charge < -0.3 is 15.2 Å². The predicted octanol–water partition coefficient (Wildman–Crippen LogP) is 4.09. The summed E-state index contributed by atoms with van der Waals surface area (Å²) in [5, 5.41) is 14.0. The minimum atomic E-state index is -1.02. The topological polar surface area (TPSA) is 125 Å². The Morgan fingerprint density at radius 3 is 2.30 bits per heavy atom. The summed E-state index contributed by atoms with van der Waals surface area (Å²) >= 11 is 4.27. The molecule has 9 nitrogen and oxygen atoms in total. The molecule has 0 saturated carbocycles. The van der Waals surface area contributed by atoms with Crippen LogP contribution in [-0.4, -0.2) is 50.3 Å². The van der Waals surface area contributed by atoms with E-state index in [1.54, 1.807) is 0 Å². The molecule has 2 unspecified atom stereocenters. The lowest BCUT2D eigenvalue weighted by Gasteiger charge is -2.49. The van der Waals surface area contributed by atoms with Crippen molar-refractivity contribution in [2.45, 2.75) is 17.5 Å². The first kappa shape index (κ1) is 26.4. The number of nitrogens with one attached hydrogen (secondary N) is 1. The number of rotatable bonds is 9.